The van der Waals surface area contributed by atoms with Gasteiger partial charge in [-0.05, 0) is 39.7 Å². The smallest absolute Gasteiger partial charge is 0.140 e. The first kappa shape index (κ1) is 12.4. The van der Waals surface area contributed by atoms with Crippen LogP contribution >= 0.6 is 0 Å². The van der Waals surface area contributed by atoms with Crippen LogP contribution in [0.1, 0.15) is 35.5 Å². The molecule has 5 heteroatoms. The zero-order valence-corrected chi connectivity index (χ0v) is 11.9. The van der Waals surface area contributed by atoms with E-state index in [4.69, 9.17) is 0 Å². The molecule has 0 atom stereocenters. The fourth-order valence-electron chi connectivity index (χ4n) is 3.03. The molecule has 1 aliphatic carbocycles. The molecular formula is C14H21N5. The van der Waals surface area contributed by atoms with Crippen LogP contribution in [-0.4, -0.2) is 26.4 Å². The summed E-state index contributed by atoms with van der Waals surface area (Å²) in [6.07, 6.45) is 6.72. The zero-order chi connectivity index (χ0) is 13.4. The van der Waals surface area contributed by atoms with Crippen molar-refractivity contribution in [3.8, 4) is 5.82 Å². The summed E-state index contributed by atoms with van der Waals surface area (Å²) < 4.78 is 4.21. The molecule has 19 heavy (non-hydrogen) atoms. The van der Waals surface area contributed by atoms with Crippen molar-refractivity contribution in [3.05, 3.63) is 29.0 Å². The Morgan fingerprint density at radius 1 is 1.32 bits per heavy atom. The van der Waals surface area contributed by atoms with Gasteiger partial charge in [-0.2, -0.15) is 5.10 Å². The Hall–Kier alpha value is -1.62. The van der Waals surface area contributed by atoms with E-state index >= 15 is 0 Å². The quantitative estimate of drug-likeness (QED) is 0.909. The normalized spacial score (nSPS) is 14.7. The van der Waals surface area contributed by atoms with E-state index in [2.05, 4.69) is 26.9 Å². The third-order valence-electron chi connectivity index (χ3n) is 3.93. The van der Waals surface area contributed by atoms with E-state index < -0.39 is 0 Å². The molecular weight excluding hydrogens is 238 g/mol. The lowest BCUT2D eigenvalue weighted by Crippen LogP contribution is -2.13. The maximum atomic E-state index is 4.59. The molecule has 3 rings (SSSR count). The van der Waals surface area contributed by atoms with Crippen molar-refractivity contribution in [1.82, 2.24) is 24.6 Å². The molecule has 1 aliphatic rings. The molecule has 0 bridgehead atoms. The predicted molar refractivity (Wildman–Crippen MR) is 74.5 cm³/mol. The van der Waals surface area contributed by atoms with Gasteiger partial charge in [0.25, 0.3) is 0 Å². The maximum absolute atomic E-state index is 4.59. The summed E-state index contributed by atoms with van der Waals surface area (Å²) in [5.74, 6) is 1.16. The van der Waals surface area contributed by atoms with Gasteiger partial charge in [0.15, 0.2) is 0 Å². The molecule has 5 nitrogen and oxygen atoms in total. The largest absolute Gasteiger partial charge is 0.315 e. The van der Waals surface area contributed by atoms with Gasteiger partial charge in [0.05, 0.1) is 11.4 Å². The van der Waals surface area contributed by atoms with Gasteiger partial charge in [-0.1, -0.05) is 0 Å². The molecule has 102 valence electrons. The Labute approximate surface area is 113 Å². The molecule has 0 radical (unpaired) electrons. The fourth-order valence-corrected chi connectivity index (χ4v) is 3.03. The summed E-state index contributed by atoms with van der Waals surface area (Å²) in [5, 5.41) is 7.80. The molecule has 2 aromatic rings. The first-order valence-electron chi connectivity index (χ1n) is 6.95. The van der Waals surface area contributed by atoms with Crippen LogP contribution < -0.4 is 5.32 Å². The molecule has 0 saturated carbocycles. The Kier molecular flexibility index (Phi) is 3.14. The van der Waals surface area contributed by atoms with E-state index in [-0.39, 0.29) is 0 Å². The predicted octanol–water partition coefficient (Wildman–Crippen LogP) is 1.51. The maximum Gasteiger partial charge on any atom is 0.140 e. The third kappa shape index (κ3) is 1.98. The highest BCUT2D eigenvalue weighted by Gasteiger charge is 2.21. The SMILES string of the molecule is CNCc1c(C)nn(C)c1-n1cnc2c1CCCC2. The van der Waals surface area contributed by atoms with Gasteiger partial charge in [-0.25, -0.2) is 4.98 Å². The summed E-state index contributed by atoms with van der Waals surface area (Å²) in [7, 11) is 3.98. The van der Waals surface area contributed by atoms with E-state index in [1.165, 1.54) is 29.8 Å². The third-order valence-corrected chi connectivity index (χ3v) is 3.93. The van der Waals surface area contributed by atoms with E-state index in [0.29, 0.717) is 0 Å². The summed E-state index contributed by atoms with van der Waals surface area (Å²) in [6, 6.07) is 0. The zero-order valence-electron chi connectivity index (χ0n) is 11.9. The van der Waals surface area contributed by atoms with Crippen LogP contribution in [0.2, 0.25) is 0 Å². The van der Waals surface area contributed by atoms with Gasteiger partial charge < -0.3 is 5.32 Å². The number of nitrogens with zero attached hydrogens (tertiary/aromatic N) is 4. The number of nitrogens with one attached hydrogen (secondary N) is 1. The van der Waals surface area contributed by atoms with E-state index in [1.807, 2.05) is 25.1 Å². The number of hydrogen-bond donors (Lipinski definition) is 1. The number of aryl methyl sites for hydroxylation is 3. The lowest BCUT2D eigenvalue weighted by atomic mass is 10.0. The topological polar surface area (TPSA) is 47.7 Å². The molecule has 0 unspecified atom stereocenters. The van der Waals surface area contributed by atoms with Crippen molar-refractivity contribution >= 4 is 0 Å². The Morgan fingerprint density at radius 3 is 2.89 bits per heavy atom. The highest BCUT2D eigenvalue weighted by Crippen LogP contribution is 2.25. The summed E-state index contributed by atoms with van der Waals surface area (Å²) in [5.41, 5.74) is 4.98. The van der Waals surface area contributed by atoms with Crippen LogP contribution in [0.4, 0.5) is 0 Å². The number of fused-ring (bicyclic) bond motifs is 1. The summed E-state index contributed by atoms with van der Waals surface area (Å²) in [6.45, 7) is 2.90. The van der Waals surface area contributed by atoms with Crippen molar-refractivity contribution in [2.45, 2.75) is 39.2 Å². The molecule has 0 aromatic carbocycles. The number of hydrogen-bond acceptors (Lipinski definition) is 3. The van der Waals surface area contributed by atoms with Gasteiger partial charge in [-0.3, -0.25) is 9.25 Å². The van der Waals surface area contributed by atoms with Crippen molar-refractivity contribution < 1.29 is 0 Å². The highest BCUT2D eigenvalue weighted by molar-refractivity contribution is 5.41. The van der Waals surface area contributed by atoms with E-state index in [0.717, 1.165) is 30.9 Å². The molecule has 0 fully saturated rings. The average molecular weight is 259 g/mol. The summed E-state index contributed by atoms with van der Waals surface area (Å²) in [4.78, 5) is 4.59. The minimum Gasteiger partial charge on any atom is -0.315 e. The Morgan fingerprint density at radius 2 is 2.11 bits per heavy atom. The van der Waals surface area contributed by atoms with E-state index in [1.54, 1.807) is 0 Å². The van der Waals surface area contributed by atoms with Gasteiger partial charge in [0.2, 0.25) is 0 Å². The second-order valence-corrected chi connectivity index (χ2v) is 5.26. The number of aromatic nitrogens is 4. The molecule has 0 spiro atoms. The van der Waals surface area contributed by atoms with Crippen LogP contribution in [0.5, 0.6) is 0 Å². The molecule has 1 N–H and O–H groups in total. The molecule has 0 aliphatic heterocycles. The molecule has 0 amide bonds. The standard InChI is InChI=1S/C14H21N5/c1-10-11(8-15-2)14(18(3)17-10)19-9-16-12-6-4-5-7-13(12)19/h9,15H,4-8H2,1-3H3. The van der Waals surface area contributed by atoms with Crippen LogP contribution in [0, 0.1) is 6.92 Å². The lowest BCUT2D eigenvalue weighted by Gasteiger charge is -2.15. The van der Waals surface area contributed by atoms with Gasteiger partial charge >= 0.3 is 0 Å². The monoisotopic (exact) mass is 259 g/mol. The highest BCUT2D eigenvalue weighted by atomic mass is 15.3. The van der Waals surface area contributed by atoms with Crippen LogP contribution in [0.25, 0.3) is 5.82 Å². The molecule has 2 heterocycles. The second kappa shape index (κ2) is 4.81. The minimum absolute atomic E-state index is 0.835. The van der Waals surface area contributed by atoms with Crippen molar-refractivity contribution in [3.63, 3.8) is 0 Å². The number of rotatable bonds is 3. The van der Waals surface area contributed by atoms with Crippen LogP contribution in [0.15, 0.2) is 6.33 Å². The fraction of sp³-hybridized carbons (Fsp3) is 0.571. The van der Waals surface area contributed by atoms with Crippen molar-refractivity contribution in [2.75, 3.05) is 7.05 Å². The van der Waals surface area contributed by atoms with Crippen LogP contribution in [0.3, 0.4) is 0 Å². The minimum atomic E-state index is 0.835. The van der Waals surface area contributed by atoms with E-state index in [9.17, 15) is 0 Å². The van der Waals surface area contributed by atoms with Crippen LogP contribution in [-0.2, 0) is 26.4 Å². The van der Waals surface area contributed by atoms with Crippen molar-refractivity contribution in [1.29, 1.82) is 0 Å². The summed E-state index contributed by atoms with van der Waals surface area (Å²) >= 11 is 0. The Bertz CT molecular complexity index is 593. The molecule has 0 saturated heterocycles. The first-order valence-corrected chi connectivity index (χ1v) is 6.95. The first-order chi connectivity index (χ1) is 9.22. The van der Waals surface area contributed by atoms with Gasteiger partial charge in [0, 0.05) is 24.8 Å². The lowest BCUT2D eigenvalue weighted by molar-refractivity contribution is 0.641. The van der Waals surface area contributed by atoms with Crippen molar-refractivity contribution in [2.24, 2.45) is 7.05 Å². The van der Waals surface area contributed by atoms with Gasteiger partial charge in [-0.15, -0.1) is 0 Å². The average Bonchev–Trinajstić information content (AvgIpc) is 2.92. The number of imidazole rings is 1. The second-order valence-electron chi connectivity index (χ2n) is 5.26. The molecule has 2 aromatic heterocycles. The Balaban J connectivity index is 2.14. The van der Waals surface area contributed by atoms with Gasteiger partial charge in [0.1, 0.15) is 12.1 Å².